The highest BCUT2D eigenvalue weighted by Gasteiger charge is 2.29. The molecule has 20 heavy (non-hydrogen) atoms. The summed E-state index contributed by atoms with van der Waals surface area (Å²) in [6, 6.07) is 6.09. The average Bonchev–Trinajstić information content (AvgIpc) is 2.46. The first-order valence-electron chi connectivity index (χ1n) is 7.79. The molecule has 0 unspecified atom stereocenters. The van der Waals surface area contributed by atoms with Crippen LogP contribution in [0.1, 0.15) is 43.7 Å². The van der Waals surface area contributed by atoms with Crippen molar-refractivity contribution in [1.82, 2.24) is 4.90 Å². The number of benzene rings is 1. The van der Waals surface area contributed by atoms with Gasteiger partial charge in [0.15, 0.2) is 0 Å². The van der Waals surface area contributed by atoms with E-state index in [1.165, 1.54) is 24.0 Å². The van der Waals surface area contributed by atoms with Gasteiger partial charge in [0.05, 0.1) is 0 Å². The fraction of sp³-hybridized carbons (Fsp3) is 0.588. The first-order chi connectivity index (χ1) is 9.63. The van der Waals surface area contributed by atoms with E-state index in [1.54, 1.807) is 0 Å². The molecule has 0 saturated heterocycles. The molecular weight excluding hydrogens is 248 g/mol. The van der Waals surface area contributed by atoms with Crippen molar-refractivity contribution in [1.29, 1.82) is 0 Å². The second-order valence-electron chi connectivity index (χ2n) is 6.49. The summed E-state index contributed by atoms with van der Waals surface area (Å²) in [6.45, 7) is 3.90. The number of nitrogens with two attached hydrogens (primary N) is 1. The molecule has 0 bridgehead atoms. The van der Waals surface area contributed by atoms with Gasteiger partial charge in [-0.15, -0.1) is 0 Å². The fourth-order valence-corrected chi connectivity index (χ4v) is 3.53. The van der Waals surface area contributed by atoms with Crippen LogP contribution < -0.4 is 5.73 Å². The minimum Gasteiger partial charge on any atom is -0.399 e. The molecule has 0 radical (unpaired) electrons. The molecule has 1 aliphatic heterocycles. The van der Waals surface area contributed by atoms with Crippen molar-refractivity contribution in [2.24, 2.45) is 11.8 Å². The Balaban J connectivity index is 1.68. The quantitative estimate of drug-likeness (QED) is 0.799. The molecule has 0 spiro atoms. The van der Waals surface area contributed by atoms with Crippen molar-refractivity contribution in [2.75, 3.05) is 12.3 Å². The monoisotopic (exact) mass is 272 g/mol. The Kier molecular flexibility index (Phi) is 3.68. The van der Waals surface area contributed by atoms with E-state index in [9.17, 15) is 4.79 Å². The number of rotatable bonds is 1. The molecule has 1 saturated carbocycles. The number of nitrogen functional groups attached to an aromatic ring is 1. The number of carbonyl (C=O) groups excluding carboxylic acids is 1. The van der Waals surface area contributed by atoms with Crippen molar-refractivity contribution in [3.8, 4) is 0 Å². The van der Waals surface area contributed by atoms with Gasteiger partial charge in [0.2, 0.25) is 5.91 Å². The highest BCUT2D eigenvalue weighted by atomic mass is 16.2. The fourth-order valence-electron chi connectivity index (χ4n) is 3.53. The first kappa shape index (κ1) is 13.5. The van der Waals surface area contributed by atoms with Gasteiger partial charge in [-0.2, -0.15) is 0 Å². The van der Waals surface area contributed by atoms with Crippen LogP contribution in [0.25, 0.3) is 0 Å². The molecule has 1 aromatic carbocycles. The zero-order valence-electron chi connectivity index (χ0n) is 12.3. The van der Waals surface area contributed by atoms with Gasteiger partial charge in [0, 0.05) is 24.7 Å². The number of hydrogen-bond donors (Lipinski definition) is 1. The Labute approximate surface area is 121 Å². The second-order valence-corrected chi connectivity index (χ2v) is 6.49. The maximum Gasteiger partial charge on any atom is 0.225 e. The third-order valence-electron chi connectivity index (χ3n) is 4.92. The Morgan fingerprint density at radius 3 is 2.70 bits per heavy atom. The van der Waals surface area contributed by atoms with Crippen LogP contribution in [0.4, 0.5) is 5.69 Å². The maximum atomic E-state index is 12.6. The van der Waals surface area contributed by atoms with Crippen LogP contribution in [0, 0.1) is 11.8 Å². The van der Waals surface area contributed by atoms with Crippen molar-refractivity contribution in [3.63, 3.8) is 0 Å². The third kappa shape index (κ3) is 2.67. The van der Waals surface area contributed by atoms with Crippen LogP contribution in [0.2, 0.25) is 0 Å². The molecule has 3 rings (SSSR count). The number of hydrogen-bond acceptors (Lipinski definition) is 2. The third-order valence-corrected chi connectivity index (χ3v) is 4.92. The Bertz CT molecular complexity index is 504. The summed E-state index contributed by atoms with van der Waals surface area (Å²) >= 11 is 0. The molecule has 2 aliphatic rings. The average molecular weight is 272 g/mol. The SMILES string of the molecule is CC1CCC(C(=O)N2CCc3ccc(N)cc3C2)CC1. The van der Waals surface area contributed by atoms with Crippen LogP contribution in [0.15, 0.2) is 18.2 Å². The first-order valence-corrected chi connectivity index (χ1v) is 7.79. The number of nitrogens with zero attached hydrogens (tertiary/aromatic N) is 1. The number of carbonyl (C=O) groups is 1. The molecule has 0 aromatic heterocycles. The standard InChI is InChI=1S/C17H24N2O/c1-12-2-4-14(5-3-12)17(20)19-9-8-13-6-7-16(18)10-15(13)11-19/h6-7,10,12,14H,2-5,8-9,11,18H2,1H3. The van der Waals surface area contributed by atoms with Gasteiger partial charge >= 0.3 is 0 Å². The smallest absolute Gasteiger partial charge is 0.225 e. The lowest BCUT2D eigenvalue weighted by Gasteiger charge is -2.34. The van der Waals surface area contributed by atoms with Gasteiger partial charge in [-0.1, -0.05) is 13.0 Å². The molecule has 1 amide bonds. The lowest BCUT2D eigenvalue weighted by molar-refractivity contribution is -0.137. The van der Waals surface area contributed by atoms with Crippen molar-refractivity contribution >= 4 is 11.6 Å². The Morgan fingerprint density at radius 2 is 1.95 bits per heavy atom. The summed E-state index contributed by atoms with van der Waals surface area (Å²) in [5.74, 6) is 1.42. The van der Waals surface area contributed by atoms with Crippen LogP contribution in [0.3, 0.4) is 0 Å². The van der Waals surface area contributed by atoms with Gasteiger partial charge in [-0.25, -0.2) is 0 Å². The van der Waals surface area contributed by atoms with E-state index in [0.29, 0.717) is 5.91 Å². The molecule has 3 nitrogen and oxygen atoms in total. The summed E-state index contributed by atoms with van der Waals surface area (Å²) in [5, 5.41) is 0. The molecule has 108 valence electrons. The van der Waals surface area contributed by atoms with Crippen molar-refractivity contribution in [3.05, 3.63) is 29.3 Å². The van der Waals surface area contributed by atoms with Crippen molar-refractivity contribution < 1.29 is 4.79 Å². The second kappa shape index (κ2) is 5.47. The van der Waals surface area contributed by atoms with Gasteiger partial charge in [0.1, 0.15) is 0 Å². The predicted octanol–water partition coefficient (Wildman–Crippen LogP) is 2.98. The van der Waals surface area contributed by atoms with E-state index in [2.05, 4.69) is 13.0 Å². The molecule has 1 aliphatic carbocycles. The van der Waals surface area contributed by atoms with Crippen LogP contribution in [-0.4, -0.2) is 17.4 Å². The summed E-state index contributed by atoms with van der Waals surface area (Å²) in [5.41, 5.74) is 9.23. The van der Waals surface area contributed by atoms with Gasteiger partial charge < -0.3 is 10.6 Å². The topological polar surface area (TPSA) is 46.3 Å². The van der Waals surface area contributed by atoms with E-state index < -0.39 is 0 Å². The molecule has 0 atom stereocenters. The van der Waals surface area contributed by atoms with Crippen molar-refractivity contribution in [2.45, 2.75) is 45.6 Å². The lowest BCUT2D eigenvalue weighted by atomic mass is 9.82. The maximum absolute atomic E-state index is 12.6. The van der Waals surface area contributed by atoms with Gasteiger partial charge in [-0.3, -0.25) is 4.79 Å². The minimum absolute atomic E-state index is 0.258. The lowest BCUT2D eigenvalue weighted by Crippen LogP contribution is -2.40. The Morgan fingerprint density at radius 1 is 1.20 bits per heavy atom. The number of amides is 1. The summed E-state index contributed by atoms with van der Waals surface area (Å²) in [6.07, 6.45) is 5.51. The molecule has 1 fully saturated rings. The van der Waals surface area contributed by atoms with E-state index >= 15 is 0 Å². The zero-order valence-corrected chi connectivity index (χ0v) is 12.3. The molecule has 2 N–H and O–H groups in total. The zero-order chi connectivity index (χ0) is 14.1. The van der Waals surface area contributed by atoms with E-state index in [4.69, 9.17) is 5.73 Å². The highest BCUT2D eigenvalue weighted by molar-refractivity contribution is 5.79. The van der Waals surface area contributed by atoms with Crippen LogP contribution in [-0.2, 0) is 17.8 Å². The number of anilines is 1. The normalized spacial score (nSPS) is 26.1. The largest absolute Gasteiger partial charge is 0.399 e. The Hall–Kier alpha value is -1.51. The number of fused-ring (bicyclic) bond motifs is 1. The van der Waals surface area contributed by atoms with Gasteiger partial charge in [-0.05, 0) is 61.3 Å². The highest BCUT2D eigenvalue weighted by Crippen LogP contribution is 2.31. The molecule has 1 aromatic rings. The summed E-state index contributed by atoms with van der Waals surface area (Å²) in [4.78, 5) is 14.7. The molecule has 1 heterocycles. The van der Waals surface area contributed by atoms with Crippen LogP contribution >= 0.6 is 0 Å². The summed E-state index contributed by atoms with van der Waals surface area (Å²) in [7, 11) is 0. The van der Waals surface area contributed by atoms with E-state index in [1.807, 2.05) is 17.0 Å². The molecule has 3 heteroatoms. The minimum atomic E-state index is 0.258. The van der Waals surface area contributed by atoms with E-state index in [0.717, 1.165) is 44.0 Å². The van der Waals surface area contributed by atoms with Gasteiger partial charge in [0.25, 0.3) is 0 Å². The summed E-state index contributed by atoms with van der Waals surface area (Å²) < 4.78 is 0. The molecular formula is C17H24N2O. The van der Waals surface area contributed by atoms with E-state index in [-0.39, 0.29) is 5.92 Å². The van der Waals surface area contributed by atoms with Crippen LogP contribution in [0.5, 0.6) is 0 Å². The predicted molar refractivity (Wildman–Crippen MR) is 81.1 cm³/mol.